The Kier molecular flexibility index (Phi) is 4.38. The number of hydrogen-bond donors (Lipinski definition) is 1. The average molecular weight is 110 g/mol. The SMILES string of the molecule is O=[SH]([O-])(F)F.[Li+]. The first kappa shape index (κ1) is 9.76. The van der Waals surface area contributed by atoms with Gasteiger partial charge in [-0.25, -0.2) is 0 Å². The summed E-state index contributed by atoms with van der Waals surface area (Å²) in [7, 11) is -5.89. The summed E-state index contributed by atoms with van der Waals surface area (Å²) >= 11 is 0. The van der Waals surface area contributed by atoms with Crippen LogP contribution >= 0.6 is 0 Å². The Labute approximate surface area is 46.9 Å². The molecule has 34 valence electrons. The van der Waals surface area contributed by atoms with E-state index >= 15 is 0 Å². The van der Waals surface area contributed by atoms with Gasteiger partial charge in [-0.2, -0.15) is 4.21 Å². The van der Waals surface area contributed by atoms with E-state index in [1.54, 1.807) is 0 Å². The summed E-state index contributed by atoms with van der Waals surface area (Å²) in [5.74, 6) is 0. The second kappa shape index (κ2) is 2.69. The first-order chi connectivity index (χ1) is 2.00. The van der Waals surface area contributed by atoms with Crippen LogP contribution in [0.5, 0.6) is 0 Å². The van der Waals surface area contributed by atoms with Crippen molar-refractivity contribution in [2.75, 3.05) is 0 Å². The van der Waals surface area contributed by atoms with E-state index in [4.69, 9.17) is 8.76 Å². The maximum absolute atomic E-state index is 10.0. The molecule has 0 N–H and O–H groups in total. The van der Waals surface area contributed by atoms with E-state index in [0.717, 1.165) is 0 Å². The Morgan fingerprint density at radius 1 is 1.50 bits per heavy atom. The van der Waals surface area contributed by atoms with E-state index in [2.05, 4.69) is 0 Å². The Morgan fingerprint density at radius 2 is 1.50 bits per heavy atom. The molecule has 0 aromatic carbocycles. The minimum Gasteiger partial charge on any atom is -0.722 e. The summed E-state index contributed by atoms with van der Waals surface area (Å²) in [5, 5.41) is 0. The van der Waals surface area contributed by atoms with Gasteiger partial charge in [0.05, 0.1) is 0 Å². The van der Waals surface area contributed by atoms with Crippen molar-refractivity contribution in [3.8, 4) is 0 Å². The number of rotatable bonds is 0. The molecule has 0 amide bonds. The van der Waals surface area contributed by atoms with Crippen molar-refractivity contribution in [2.24, 2.45) is 0 Å². The van der Waals surface area contributed by atoms with Gasteiger partial charge < -0.3 is 4.55 Å². The second-order valence-electron chi connectivity index (χ2n) is 0.414. The fourth-order valence-electron chi connectivity index (χ4n) is 0. The summed E-state index contributed by atoms with van der Waals surface area (Å²) in [6, 6.07) is 0. The summed E-state index contributed by atoms with van der Waals surface area (Å²) in [6.07, 6.45) is 0. The van der Waals surface area contributed by atoms with E-state index in [1.807, 2.05) is 0 Å². The molecule has 0 aromatic rings. The van der Waals surface area contributed by atoms with E-state index in [1.165, 1.54) is 0 Å². The van der Waals surface area contributed by atoms with Crippen LogP contribution < -0.4 is 18.9 Å². The van der Waals surface area contributed by atoms with Crippen molar-refractivity contribution >= 4 is 11.0 Å². The number of halogens is 2. The Hall–Kier alpha value is 0.567. The van der Waals surface area contributed by atoms with Crippen LogP contribution in [0.15, 0.2) is 0 Å². The van der Waals surface area contributed by atoms with Crippen molar-refractivity contribution in [2.45, 2.75) is 0 Å². The largest absolute Gasteiger partial charge is 1.00 e. The third kappa shape index (κ3) is 181. The van der Waals surface area contributed by atoms with Crippen LogP contribution in [0.4, 0.5) is 7.77 Å². The van der Waals surface area contributed by atoms with Gasteiger partial charge in [0.1, 0.15) is 0 Å². The molecule has 0 unspecified atom stereocenters. The molecule has 0 atom stereocenters. The first-order valence-corrected chi connectivity index (χ1v) is 2.11. The van der Waals surface area contributed by atoms with Crippen LogP contribution in [0.2, 0.25) is 0 Å². The van der Waals surface area contributed by atoms with Gasteiger partial charge in [0.15, 0.2) is 0 Å². The predicted molar refractivity (Wildman–Crippen MR) is 12.5 cm³/mol. The van der Waals surface area contributed by atoms with Crippen LogP contribution in [0, 0.1) is 0 Å². The van der Waals surface area contributed by atoms with Gasteiger partial charge in [0.2, 0.25) is 0 Å². The maximum atomic E-state index is 10.0. The molecule has 0 aliphatic heterocycles. The topological polar surface area (TPSA) is 40.1 Å². The van der Waals surface area contributed by atoms with Crippen molar-refractivity contribution in [3.05, 3.63) is 0 Å². The van der Waals surface area contributed by atoms with E-state index in [0.29, 0.717) is 0 Å². The molecule has 0 radical (unpaired) electrons. The molecule has 0 saturated heterocycles. The van der Waals surface area contributed by atoms with Crippen molar-refractivity contribution in [3.63, 3.8) is 0 Å². The summed E-state index contributed by atoms with van der Waals surface area (Å²) in [4.78, 5) is 0. The van der Waals surface area contributed by atoms with Crippen molar-refractivity contribution in [1.29, 1.82) is 0 Å². The summed E-state index contributed by atoms with van der Waals surface area (Å²) in [6.45, 7) is 0. The molecule has 6 heteroatoms. The molecular weight excluding hydrogens is 109 g/mol. The van der Waals surface area contributed by atoms with Gasteiger partial charge in [-0.05, 0) is 0 Å². The van der Waals surface area contributed by atoms with Crippen LogP contribution in [-0.4, -0.2) is 8.76 Å². The van der Waals surface area contributed by atoms with Gasteiger partial charge in [0, 0.05) is 0 Å². The molecule has 6 heavy (non-hydrogen) atoms. The molecule has 0 heterocycles. The molecule has 0 rings (SSSR count). The zero-order chi connectivity index (χ0) is 4.50. The molecule has 0 aromatic heterocycles. The zero-order valence-electron chi connectivity index (χ0n) is 3.02. The Balaban J connectivity index is 0. The third-order valence-corrected chi connectivity index (χ3v) is 0. The summed E-state index contributed by atoms with van der Waals surface area (Å²) < 4.78 is 36.7. The Bertz CT molecular complexity index is 57.7. The average Bonchev–Trinajstić information content (AvgIpc) is 0.722. The van der Waals surface area contributed by atoms with Crippen LogP contribution in [-0.2, 0) is 11.0 Å². The van der Waals surface area contributed by atoms with Gasteiger partial charge in [-0.1, -0.05) is 11.0 Å². The van der Waals surface area contributed by atoms with E-state index in [9.17, 15) is 7.77 Å². The Morgan fingerprint density at radius 3 is 1.50 bits per heavy atom. The maximum Gasteiger partial charge on any atom is 1.00 e. The molecule has 0 fully saturated rings. The van der Waals surface area contributed by atoms with Crippen LogP contribution in [0.1, 0.15) is 0 Å². The zero-order valence-corrected chi connectivity index (χ0v) is 3.91. The van der Waals surface area contributed by atoms with Crippen LogP contribution in [0.25, 0.3) is 0 Å². The summed E-state index contributed by atoms with van der Waals surface area (Å²) in [5.41, 5.74) is 0. The molecule has 0 bridgehead atoms. The van der Waals surface area contributed by atoms with Crippen LogP contribution in [0.3, 0.4) is 0 Å². The number of thiol groups is 1. The smallest absolute Gasteiger partial charge is 0.722 e. The van der Waals surface area contributed by atoms with Gasteiger partial charge >= 0.3 is 18.9 Å². The van der Waals surface area contributed by atoms with Gasteiger partial charge in [0.25, 0.3) is 0 Å². The fraction of sp³-hybridized carbons (Fsp3) is 0. The van der Waals surface area contributed by atoms with Crippen molar-refractivity contribution < 1.29 is 35.4 Å². The van der Waals surface area contributed by atoms with Crippen molar-refractivity contribution in [1.82, 2.24) is 0 Å². The molecular formula is HF2LiO2S. The molecule has 0 aliphatic rings. The minimum atomic E-state index is -5.89. The first-order valence-electron chi connectivity index (χ1n) is 0.703. The monoisotopic (exact) mass is 110 g/mol. The standard InChI is InChI=1S/F2H2O2S.Li/c1-5(2,3)4;/h5H,(H,3,4);/q;+1/p-1. The molecule has 0 aliphatic carbocycles. The third-order valence-electron chi connectivity index (χ3n) is 0. The fourth-order valence-corrected chi connectivity index (χ4v) is 0. The minimum absolute atomic E-state index is 0. The van der Waals surface area contributed by atoms with E-state index in [-0.39, 0.29) is 18.9 Å². The second-order valence-corrected chi connectivity index (χ2v) is 1.24. The predicted octanol–water partition coefficient (Wildman–Crippen LogP) is -3.09. The normalized spacial score (nSPS) is 12.5. The van der Waals surface area contributed by atoms with Gasteiger partial charge in [-0.15, -0.1) is 7.77 Å². The van der Waals surface area contributed by atoms with Gasteiger partial charge in [-0.3, -0.25) is 0 Å². The molecule has 2 nitrogen and oxygen atoms in total. The quantitative estimate of drug-likeness (QED) is 0.204. The molecule has 0 spiro atoms. The number of hydrogen-bond acceptors (Lipinski definition) is 2. The molecule has 0 saturated carbocycles. The van der Waals surface area contributed by atoms with E-state index < -0.39 is 11.0 Å².